The third-order valence-electron chi connectivity index (χ3n) is 2.53. The molecule has 2 aromatic rings. The Bertz CT molecular complexity index is 622. The van der Waals surface area contributed by atoms with E-state index in [2.05, 4.69) is 4.98 Å². The van der Waals surface area contributed by atoms with E-state index in [1.54, 1.807) is 6.07 Å². The van der Waals surface area contributed by atoms with Crippen molar-refractivity contribution in [3.63, 3.8) is 0 Å². The summed E-state index contributed by atoms with van der Waals surface area (Å²) in [4.78, 5) is 4.14. The molecule has 1 atom stereocenters. The van der Waals surface area contributed by atoms with E-state index in [9.17, 15) is 8.42 Å². The van der Waals surface area contributed by atoms with E-state index in [-0.39, 0.29) is 0 Å². The van der Waals surface area contributed by atoms with Crippen molar-refractivity contribution >= 4 is 21.0 Å². The van der Waals surface area contributed by atoms with Gasteiger partial charge in [-0.3, -0.25) is 9.54 Å². The maximum absolute atomic E-state index is 11.0. The minimum atomic E-state index is -4.06. The lowest BCUT2D eigenvalue weighted by molar-refractivity contribution is 0.472. The van der Waals surface area contributed by atoms with E-state index in [0.29, 0.717) is 5.56 Å². The molecule has 1 N–H and O–H groups in total. The summed E-state index contributed by atoms with van der Waals surface area (Å²) in [6.07, 6.45) is 1.47. The van der Waals surface area contributed by atoms with Crippen LogP contribution in [0, 0.1) is 0 Å². The van der Waals surface area contributed by atoms with Crippen molar-refractivity contribution in [3.8, 4) is 0 Å². The predicted octanol–water partition coefficient (Wildman–Crippen LogP) is 2.18. The van der Waals surface area contributed by atoms with Gasteiger partial charge in [-0.2, -0.15) is 8.42 Å². The second kappa shape index (κ2) is 3.84. The Hall–Kier alpha value is -1.46. The molecule has 0 saturated heterocycles. The average molecular weight is 237 g/mol. The lowest BCUT2D eigenvalue weighted by Crippen LogP contribution is -2.08. The van der Waals surface area contributed by atoms with Gasteiger partial charge in [-0.1, -0.05) is 18.2 Å². The molecule has 1 heterocycles. The van der Waals surface area contributed by atoms with E-state index in [4.69, 9.17) is 4.55 Å². The highest BCUT2D eigenvalue weighted by molar-refractivity contribution is 7.86. The Kier molecular flexibility index (Phi) is 2.65. The summed E-state index contributed by atoms with van der Waals surface area (Å²) in [7, 11) is -4.06. The van der Waals surface area contributed by atoms with E-state index in [0.717, 1.165) is 10.9 Å². The van der Waals surface area contributed by atoms with Gasteiger partial charge in [0.1, 0.15) is 5.25 Å². The van der Waals surface area contributed by atoms with Crippen LogP contribution in [0.15, 0.2) is 36.5 Å². The van der Waals surface area contributed by atoms with Gasteiger partial charge in [0.25, 0.3) is 10.1 Å². The van der Waals surface area contributed by atoms with Crippen molar-refractivity contribution in [3.05, 3.63) is 42.1 Å². The summed E-state index contributed by atoms with van der Waals surface area (Å²) in [5.74, 6) is 0. The molecular formula is C11H11NO3S. The van der Waals surface area contributed by atoms with Crippen molar-refractivity contribution < 1.29 is 13.0 Å². The van der Waals surface area contributed by atoms with Crippen LogP contribution in [0.3, 0.4) is 0 Å². The van der Waals surface area contributed by atoms with Crippen LogP contribution in [0.1, 0.15) is 17.7 Å². The molecule has 4 nitrogen and oxygen atoms in total. The number of fused-ring (bicyclic) bond motifs is 1. The second-order valence-corrected chi connectivity index (χ2v) is 5.36. The number of rotatable bonds is 2. The van der Waals surface area contributed by atoms with E-state index in [1.165, 1.54) is 13.1 Å². The molecule has 0 spiro atoms. The molecule has 0 amide bonds. The van der Waals surface area contributed by atoms with Gasteiger partial charge in [0.15, 0.2) is 0 Å². The van der Waals surface area contributed by atoms with Crippen LogP contribution in [0.2, 0.25) is 0 Å². The molecule has 0 bridgehead atoms. The third-order valence-corrected chi connectivity index (χ3v) is 3.69. The zero-order valence-electron chi connectivity index (χ0n) is 8.66. The summed E-state index contributed by atoms with van der Waals surface area (Å²) < 4.78 is 30.9. The maximum atomic E-state index is 11.0. The SMILES string of the molecule is CC(c1cnc2ccccc2c1)S(=O)(=O)O. The number of hydrogen-bond acceptors (Lipinski definition) is 3. The first-order chi connectivity index (χ1) is 7.48. The van der Waals surface area contributed by atoms with Gasteiger partial charge < -0.3 is 0 Å². The number of hydrogen-bond donors (Lipinski definition) is 1. The molecule has 5 heteroatoms. The lowest BCUT2D eigenvalue weighted by Gasteiger charge is -2.08. The summed E-state index contributed by atoms with van der Waals surface area (Å²) in [6.45, 7) is 1.43. The largest absolute Gasteiger partial charge is 0.285 e. The highest BCUT2D eigenvalue weighted by Gasteiger charge is 2.19. The van der Waals surface area contributed by atoms with E-state index >= 15 is 0 Å². The molecule has 0 saturated carbocycles. The van der Waals surface area contributed by atoms with Crippen LogP contribution in [0.5, 0.6) is 0 Å². The highest BCUT2D eigenvalue weighted by atomic mass is 32.2. The molecule has 84 valence electrons. The first kappa shape index (κ1) is 11.0. The number of benzene rings is 1. The summed E-state index contributed by atoms with van der Waals surface area (Å²) in [5.41, 5.74) is 1.29. The van der Waals surface area contributed by atoms with Gasteiger partial charge in [-0.05, 0) is 24.6 Å². The van der Waals surface area contributed by atoms with Gasteiger partial charge >= 0.3 is 0 Å². The van der Waals surface area contributed by atoms with Crippen LogP contribution >= 0.6 is 0 Å². The van der Waals surface area contributed by atoms with Gasteiger partial charge in [-0.15, -0.1) is 0 Å². The number of nitrogens with zero attached hydrogens (tertiary/aromatic N) is 1. The molecule has 16 heavy (non-hydrogen) atoms. The molecule has 2 rings (SSSR count). The van der Waals surface area contributed by atoms with Crippen LogP contribution in [0.4, 0.5) is 0 Å². The Morgan fingerprint density at radius 1 is 1.31 bits per heavy atom. The highest BCUT2D eigenvalue weighted by Crippen LogP contribution is 2.23. The topological polar surface area (TPSA) is 67.3 Å². The Morgan fingerprint density at radius 3 is 2.69 bits per heavy atom. The standard InChI is InChI=1S/C11H11NO3S/c1-8(16(13,14)15)10-6-9-4-2-3-5-11(9)12-7-10/h2-8H,1H3,(H,13,14,15). The minimum absolute atomic E-state index is 0.487. The fraction of sp³-hybridized carbons (Fsp3) is 0.182. The second-order valence-electron chi connectivity index (χ2n) is 3.62. The van der Waals surface area contributed by atoms with E-state index in [1.807, 2.05) is 24.3 Å². The molecule has 0 fully saturated rings. The number of aromatic nitrogens is 1. The fourth-order valence-corrected chi connectivity index (χ4v) is 1.96. The molecule has 0 aliphatic carbocycles. The first-order valence-corrected chi connectivity index (χ1v) is 6.30. The zero-order valence-corrected chi connectivity index (χ0v) is 9.48. The van der Waals surface area contributed by atoms with Crippen LogP contribution in [0.25, 0.3) is 10.9 Å². The van der Waals surface area contributed by atoms with Crippen LogP contribution in [-0.2, 0) is 10.1 Å². The number of pyridine rings is 1. The quantitative estimate of drug-likeness (QED) is 0.813. The normalized spacial score (nSPS) is 13.9. The van der Waals surface area contributed by atoms with Crippen molar-refractivity contribution in [2.45, 2.75) is 12.2 Å². The molecule has 1 aromatic heterocycles. The van der Waals surface area contributed by atoms with Crippen LogP contribution in [-0.4, -0.2) is 18.0 Å². The predicted molar refractivity (Wildman–Crippen MR) is 61.7 cm³/mol. The van der Waals surface area contributed by atoms with Gasteiger partial charge in [0.2, 0.25) is 0 Å². The van der Waals surface area contributed by atoms with Crippen molar-refractivity contribution in [1.82, 2.24) is 4.98 Å². The van der Waals surface area contributed by atoms with Crippen molar-refractivity contribution in [1.29, 1.82) is 0 Å². The summed E-state index contributed by atoms with van der Waals surface area (Å²) in [6, 6.07) is 9.13. The van der Waals surface area contributed by atoms with Gasteiger partial charge in [0, 0.05) is 11.6 Å². The molecule has 0 aliphatic rings. The van der Waals surface area contributed by atoms with Gasteiger partial charge in [0.05, 0.1) is 5.52 Å². The Balaban J connectivity index is 2.55. The summed E-state index contributed by atoms with van der Waals surface area (Å²) in [5, 5.41) is -0.0971. The van der Waals surface area contributed by atoms with E-state index < -0.39 is 15.4 Å². The number of para-hydroxylation sites is 1. The zero-order chi connectivity index (χ0) is 11.8. The molecule has 0 aliphatic heterocycles. The monoisotopic (exact) mass is 237 g/mol. The Morgan fingerprint density at radius 2 is 2.00 bits per heavy atom. The molecule has 1 unspecified atom stereocenters. The molecule has 0 radical (unpaired) electrons. The van der Waals surface area contributed by atoms with Crippen LogP contribution < -0.4 is 0 Å². The summed E-state index contributed by atoms with van der Waals surface area (Å²) >= 11 is 0. The van der Waals surface area contributed by atoms with Gasteiger partial charge in [-0.25, -0.2) is 0 Å². The molecule has 1 aromatic carbocycles. The Labute approximate surface area is 93.7 Å². The maximum Gasteiger partial charge on any atom is 0.271 e. The van der Waals surface area contributed by atoms with Crippen molar-refractivity contribution in [2.24, 2.45) is 0 Å². The van der Waals surface area contributed by atoms with Crippen molar-refractivity contribution in [2.75, 3.05) is 0 Å². The smallest absolute Gasteiger partial charge is 0.271 e. The minimum Gasteiger partial charge on any atom is -0.285 e. The average Bonchev–Trinajstić information content (AvgIpc) is 2.26. The fourth-order valence-electron chi connectivity index (χ4n) is 1.48. The lowest BCUT2D eigenvalue weighted by atomic mass is 10.1. The first-order valence-electron chi connectivity index (χ1n) is 4.79. The molecular weight excluding hydrogens is 226 g/mol. The third kappa shape index (κ3) is 2.05.